The molecule has 0 radical (unpaired) electrons. The largest absolute Gasteiger partial charge is 0.300 e. The van der Waals surface area contributed by atoms with E-state index < -0.39 is 0 Å². The van der Waals surface area contributed by atoms with Gasteiger partial charge < -0.3 is 0 Å². The SMILES string of the molecule is CC(=O)Cc1ccc(-n2cnc3ccccc32)cc1. The molecule has 0 saturated heterocycles. The highest BCUT2D eigenvalue weighted by atomic mass is 16.1. The summed E-state index contributed by atoms with van der Waals surface area (Å²) in [5.41, 5.74) is 4.17. The fourth-order valence-corrected chi connectivity index (χ4v) is 2.23. The highest BCUT2D eigenvalue weighted by molar-refractivity contribution is 5.79. The predicted octanol–water partition coefficient (Wildman–Crippen LogP) is 3.16. The number of Topliss-reactive ketones (excluding diaryl/α,β-unsaturated/α-hetero) is 1. The fraction of sp³-hybridized carbons (Fsp3) is 0.125. The van der Waals surface area contributed by atoms with Crippen LogP contribution in [0.15, 0.2) is 54.9 Å². The Morgan fingerprint density at radius 2 is 1.84 bits per heavy atom. The molecule has 2 aromatic carbocycles. The smallest absolute Gasteiger partial charge is 0.134 e. The van der Waals surface area contributed by atoms with Gasteiger partial charge >= 0.3 is 0 Å². The minimum absolute atomic E-state index is 0.181. The number of ketones is 1. The third-order valence-corrected chi connectivity index (χ3v) is 3.12. The van der Waals surface area contributed by atoms with Crippen LogP contribution in [-0.4, -0.2) is 15.3 Å². The number of imidazole rings is 1. The van der Waals surface area contributed by atoms with Gasteiger partial charge in [0.2, 0.25) is 0 Å². The molecule has 0 bridgehead atoms. The van der Waals surface area contributed by atoms with E-state index in [1.807, 2.05) is 59.4 Å². The van der Waals surface area contributed by atoms with Crippen molar-refractivity contribution in [2.75, 3.05) is 0 Å². The second kappa shape index (κ2) is 4.69. The zero-order valence-corrected chi connectivity index (χ0v) is 10.7. The number of benzene rings is 2. The molecule has 0 unspecified atom stereocenters. The molecule has 0 spiro atoms. The van der Waals surface area contributed by atoms with Crippen molar-refractivity contribution in [1.82, 2.24) is 9.55 Å². The number of carbonyl (C=O) groups excluding carboxylic acids is 1. The van der Waals surface area contributed by atoms with E-state index in [4.69, 9.17) is 0 Å². The van der Waals surface area contributed by atoms with Gasteiger partial charge in [0.1, 0.15) is 12.1 Å². The van der Waals surface area contributed by atoms with Crippen LogP contribution in [0, 0.1) is 0 Å². The van der Waals surface area contributed by atoms with Gasteiger partial charge in [0.15, 0.2) is 0 Å². The zero-order chi connectivity index (χ0) is 13.2. The molecule has 3 nitrogen and oxygen atoms in total. The Morgan fingerprint density at radius 3 is 2.58 bits per heavy atom. The molecule has 19 heavy (non-hydrogen) atoms. The van der Waals surface area contributed by atoms with Crippen LogP contribution >= 0.6 is 0 Å². The molecule has 0 amide bonds. The third-order valence-electron chi connectivity index (χ3n) is 3.12. The van der Waals surface area contributed by atoms with Crippen LogP contribution in [0.2, 0.25) is 0 Å². The van der Waals surface area contributed by atoms with E-state index >= 15 is 0 Å². The molecular formula is C16H14N2O. The summed E-state index contributed by atoms with van der Waals surface area (Å²) in [5, 5.41) is 0. The van der Waals surface area contributed by atoms with Crippen LogP contribution in [0.25, 0.3) is 16.7 Å². The van der Waals surface area contributed by atoms with Gasteiger partial charge in [-0.05, 0) is 36.8 Å². The van der Waals surface area contributed by atoms with Crippen LogP contribution in [-0.2, 0) is 11.2 Å². The molecule has 0 aliphatic carbocycles. The Kier molecular flexibility index (Phi) is 2.88. The Labute approximate surface area is 111 Å². The lowest BCUT2D eigenvalue weighted by atomic mass is 10.1. The summed E-state index contributed by atoms with van der Waals surface area (Å²) < 4.78 is 2.05. The lowest BCUT2D eigenvalue weighted by molar-refractivity contribution is -0.116. The van der Waals surface area contributed by atoms with Gasteiger partial charge in [-0.1, -0.05) is 24.3 Å². The van der Waals surface area contributed by atoms with E-state index in [1.165, 1.54) is 0 Å². The van der Waals surface area contributed by atoms with Gasteiger partial charge in [-0.3, -0.25) is 9.36 Å². The molecule has 0 N–H and O–H groups in total. The highest BCUT2D eigenvalue weighted by Gasteiger charge is 2.04. The van der Waals surface area contributed by atoms with Crippen molar-refractivity contribution in [1.29, 1.82) is 0 Å². The van der Waals surface area contributed by atoms with Gasteiger partial charge in [0.25, 0.3) is 0 Å². The average Bonchev–Trinajstić information content (AvgIpc) is 2.83. The topological polar surface area (TPSA) is 34.9 Å². The van der Waals surface area contributed by atoms with E-state index in [1.54, 1.807) is 6.92 Å². The van der Waals surface area contributed by atoms with Crippen molar-refractivity contribution < 1.29 is 4.79 Å². The monoisotopic (exact) mass is 250 g/mol. The first-order chi connectivity index (χ1) is 9.24. The summed E-state index contributed by atoms with van der Waals surface area (Å²) in [6.45, 7) is 1.61. The van der Waals surface area contributed by atoms with E-state index in [9.17, 15) is 4.79 Å². The van der Waals surface area contributed by atoms with Crippen LogP contribution in [0.1, 0.15) is 12.5 Å². The quantitative estimate of drug-likeness (QED) is 0.715. The minimum atomic E-state index is 0.181. The first kappa shape index (κ1) is 11.7. The van der Waals surface area contributed by atoms with Crippen molar-refractivity contribution >= 4 is 16.8 Å². The number of nitrogens with zero attached hydrogens (tertiary/aromatic N) is 2. The molecule has 0 aliphatic heterocycles. The Balaban J connectivity index is 2.00. The second-order valence-corrected chi connectivity index (χ2v) is 4.65. The zero-order valence-electron chi connectivity index (χ0n) is 10.7. The summed E-state index contributed by atoms with van der Waals surface area (Å²) >= 11 is 0. The molecule has 0 saturated carbocycles. The van der Waals surface area contributed by atoms with Crippen molar-refractivity contribution in [3.05, 3.63) is 60.4 Å². The lowest BCUT2D eigenvalue weighted by Crippen LogP contribution is -1.97. The van der Waals surface area contributed by atoms with Crippen LogP contribution in [0.5, 0.6) is 0 Å². The number of para-hydroxylation sites is 2. The third kappa shape index (κ3) is 2.27. The van der Waals surface area contributed by atoms with Crippen LogP contribution in [0.3, 0.4) is 0 Å². The molecular weight excluding hydrogens is 236 g/mol. The lowest BCUT2D eigenvalue weighted by Gasteiger charge is -2.05. The normalized spacial score (nSPS) is 10.8. The standard InChI is InChI=1S/C16H14N2O/c1-12(19)10-13-6-8-14(9-7-13)18-11-17-15-4-2-3-5-16(15)18/h2-9,11H,10H2,1H3. The van der Waals surface area contributed by atoms with Gasteiger partial charge in [-0.25, -0.2) is 4.98 Å². The number of aromatic nitrogens is 2. The fourth-order valence-electron chi connectivity index (χ4n) is 2.23. The van der Waals surface area contributed by atoms with E-state index in [-0.39, 0.29) is 5.78 Å². The number of hydrogen-bond donors (Lipinski definition) is 0. The number of carbonyl (C=O) groups is 1. The number of fused-ring (bicyclic) bond motifs is 1. The van der Waals surface area contributed by atoms with Gasteiger partial charge in [-0.2, -0.15) is 0 Å². The number of hydrogen-bond acceptors (Lipinski definition) is 2. The van der Waals surface area contributed by atoms with Gasteiger partial charge in [-0.15, -0.1) is 0 Å². The maximum atomic E-state index is 11.1. The maximum Gasteiger partial charge on any atom is 0.134 e. The number of rotatable bonds is 3. The maximum absolute atomic E-state index is 11.1. The summed E-state index contributed by atoms with van der Waals surface area (Å²) in [5.74, 6) is 0.181. The summed E-state index contributed by atoms with van der Waals surface area (Å²) in [4.78, 5) is 15.5. The molecule has 3 aromatic rings. The van der Waals surface area contributed by atoms with Crippen molar-refractivity contribution in [3.8, 4) is 5.69 Å². The predicted molar refractivity (Wildman–Crippen MR) is 75.5 cm³/mol. The highest BCUT2D eigenvalue weighted by Crippen LogP contribution is 2.18. The molecule has 94 valence electrons. The first-order valence-electron chi connectivity index (χ1n) is 6.25. The molecule has 0 fully saturated rings. The van der Waals surface area contributed by atoms with Crippen molar-refractivity contribution in [3.63, 3.8) is 0 Å². The molecule has 0 atom stereocenters. The van der Waals surface area contributed by atoms with Crippen molar-refractivity contribution in [2.45, 2.75) is 13.3 Å². The summed E-state index contributed by atoms with van der Waals surface area (Å²) in [6.07, 6.45) is 2.32. The Bertz CT molecular complexity index is 726. The molecule has 3 rings (SSSR count). The van der Waals surface area contributed by atoms with Crippen molar-refractivity contribution in [2.24, 2.45) is 0 Å². The molecule has 0 aliphatic rings. The van der Waals surface area contributed by atoms with E-state index in [0.29, 0.717) is 6.42 Å². The molecule has 1 aromatic heterocycles. The minimum Gasteiger partial charge on any atom is -0.300 e. The van der Waals surface area contributed by atoms with E-state index in [2.05, 4.69) is 4.98 Å². The Morgan fingerprint density at radius 1 is 1.11 bits per heavy atom. The Hall–Kier alpha value is -2.42. The van der Waals surface area contributed by atoms with Crippen LogP contribution in [0.4, 0.5) is 0 Å². The second-order valence-electron chi connectivity index (χ2n) is 4.65. The van der Waals surface area contributed by atoms with E-state index in [0.717, 1.165) is 22.3 Å². The molecule has 1 heterocycles. The summed E-state index contributed by atoms with van der Waals surface area (Å²) in [6, 6.07) is 16.1. The van der Waals surface area contributed by atoms with Gasteiger partial charge in [0, 0.05) is 12.1 Å². The average molecular weight is 250 g/mol. The first-order valence-corrected chi connectivity index (χ1v) is 6.25. The molecule has 3 heteroatoms. The van der Waals surface area contributed by atoms with Gasteiger partial charge in [0.05, 0.1) is 11.0 Å². The summed E-state index contributed by atoms with van der Waals surface area (Å²) in [7, 11) is 0. The van der Waals surface area contributed by atoms with Crippen LogP contribution < -0.4 is 0 Å².